The molecule has 0 bridgehead atoms. The monoisotopic (exact) mass is 284 g/mol. The number of hydrogen-bond acceptors (Lipinski definition) is 5. The molecule has 7 nitrogen and oxygen atoms in total. The lowest BCUT2D eigenvalue weighted by atomic mass is 10.2. The summed E-state index contributed by atoms with van der Waals surface area (Å²) in [7, 11) is 4.16. The van der Waals surface area contributed by atoms with Gasteiger partial charge in [0, 0.05) is 12.2 Å². The molecule has 1 atom stereocenters. The minimum atomic E-state index is -1.82. The van der Waals surface area contributed by atoms with Gasteiger partial charge in [0.15, 0.2) is 0 Å². The zero-order valence-electron chi connectivity index (χ0n) is 11.8. The molecule has 1 heterocycles. The van der Waals surface area contributed by atoms with Crippen LogP contribution in [0.2, 0.25) is 0 Å². The smallest absolute Gasteiger partial charge is 0.414 e. The first-order chi connectivity index (χ1) is 9.34. The van der Waals surface area contributed by atoms with Crippen LogP contribution in [0.3, 0.4) is 0 Å². The van der Waals surface area contributed by atoms with E-state index in [0.717, 1.165) is 18.8 Å². The lowest BCUT2D eigenvalue weighted by Gasteiger charge is -2.19. The van der Waals surface area contributed by atoms with E-state index in [1.54, 1.807) is 12.4 Å². The number of hydrogen-bond donors (Lipinski definition) is 2. The number of rotatable bonds is 5. The highest BCUT2D eigenvalue weighted by atomic mass is 16.5. The minimum absolute atomic E-state index is 0.548. The molecule has 1 rings (SSSR count). The Labute approximate surface area is 117 Å². The van der Waals surface area contributed by atoms with Crippen LogP contribution in [0.5, 0.6) is 5.75 Å². The van der Waals surface area contributed by atoms with Gasteiger partial charge in [-0.2, -0.15) is 0 Å². The van der Waals surface area contributed by atoms with Crippen LogP contribution >= 0.6 is 0 Å². The predicted molar refractivity (Wildman–Crippen MR) is 72.8 cm³/mol. The summed E-state index contributed by atoms with van der Waals surface area (Å²) >= 11 is 0. The molecule has 2 N–H and O–H groups in total. The number of ether oxygens (including phenoxy) is 1. The third-order valence-corrected chi connectivity index (χ3v) is 2.50. The van der Waals surface area contributed by atoms with Gasteiger partial charge in [0.2, 0.25) is 0 Å². The van der Waals surface area contributed by atoms with E-state index in [9.17, 15) is 0 Å². The number of nitrogens with zero attached hydrogens (tertiary/aromatic N) is 2. The van der Waals surface area contributed by atoms with Crippen LogP contribution in [0.4, 0.5) is 0 Å². The van der Waals surface area contributed by atoms with Gasteiger partial charge in [0.25, 0.3) is 0 Å². The standard InChI is InChI=1S/C11H18N2O.C2H2O4/c1-10(13(2)3)6-8-14-11-5-4-7-12-9-11;3-1(4)2(5)6/h4-5,7,9-10H,6,8H2,1-3H3;(H,3,4)(H,5,6). The Morgan fingerprint density at radius 1 is 1.35 bits per heavy atom. The summed E-state index contributed by atoms with van der Waals surface area (Å²) in [5.41, 5.74) is 0. The Morgan fingerprint density at radius 3 is 2.35 bits per heavy atom. The largest absolute Gasteiger partial charge is 0.492 e. The Hall–Kier alpha value is -2.15. The molecule has 0 spiro atoms. The second kappa shape index (κ2) is 9.74. The zero-order valence-corrected chi connectivity index (χ0v) is 11.8. The summed E-state index contributed by atoms with van der Waals surface area (Å²) in [6.45, 7) is 2.93. The van der Waals surface area contributed by atoms with Gasteiger partial charge in [0.1, 0.15) is 5.75 Å². The molecule has 0 saturated carbocycles. The molecule has 0 fully saturated rings. The van der Waals surface area contributed by atoms with Gasteiger partial charge in [-0.1, -0.05) is 0 Å². The van der Waals surface area contributed by atoms with E-state index in [4.69, 9.17) is 24.5 Å². The topological polar surface area (TPSA) is 100.0 Å². The van der Waals surface area contributed by atoms with Crippen LogP contribution in [0.15, 0.2) is 24.5 Å². The average Bonchev–Trinajstić information content (AvgIpc) is 2.40. The minimum Gasteiger partial charge on any atom is -0.492 e. The van der Waals surface area contributed by atoms with Gasteiger partial charge in [-0.15, -0.1) is 0 Å². The van der Waals surface area contributed by atoms with Crippen molar-refractivity contribution in [2.45, 2.75) is 19.4 Å². The first-order valence-corrected chi connectivity index (χ1v) is 6.00. The molecule has 112 valence electrons. The average molecular weight is 284 g/mol. The number of carboxylic acids is 2. The molecule has 0 aliphatic carbocycles. The highest BCUT2D eigenvalue weighted by molar-refractivity contribution is 6.27. The molecule has 7 heteroatoms. The van der Waals surface area contributed by atoms with Crippen LogP contribution in [0.25, 0.3) is 0 Å². The highest BCUT2D eigenvalue weighted by Gasteiger charge is 2.04. The molecule has 0 aromatic carbocycles. The maximum Gasteiger partial charge on any atom is 0.414 e. The van der Waals surface area contributed by atoms with Crippen molar-refractivity contribution in [2.24, 2.45) is 0 Å². The highest BCUT2D eigenvalue weighted by Crippen LogP contribution is 2.07. The molecule has 20 heavy (non-hydrogen) atoms. The Balaban J connectivity index is 0.000000511. The Bertz CT molecular complexity index is 396. The summed E-state index contributed by atoms with van der Waals surface area (Å²) < 4.78 is 5.54. The van der Waals surface area contributed by atoms with Crippen LogP contribution < -0.4 is 4.74 Å². The van der Waals surface area contributed by atoms with E-state index in [0.29, 0.717) is 6.04 Å². The normalized spacial score (nSPS) is 11.2. The van der Waals surface area contributed by atoms with E-state index >= 15 is 0 Å². The van der Waals surface area contributed by atoms with Crippen LogP contribution in [-0.4, -0.2) is 58.8 Å². The van der Waals surface area contributed by atoms with Crippen molar-refractivity contribution >= 4 is 11.9 Å². The molecular weight excluding hydrogens is 264 g/mol. The Kier molecular flexibility index (Phi) is 8.69. The molecule has 0 saturated heterocycles. The van der Waals surface area contributed by atoms with Gasteiger partial charge in [-0.3, -0.25) is 4.98 Å². The molecule has 0 radical (unpaired) electrons. The second-order valence-corrected chi connectivity index (χ2v) is 4.25. The first kappa shape index (κ1) is 17.8. The number of pyridine rings is 1. The van der Waals surface area contributed by atoms with E-state index in [-0.39, 0.29) is 0 Å². The second-order valence-electron chi connectivity index (χ2n) is 4.25. The fraction of sp³-hybridized carbons (Fsp3) is 0.462. The van der Waals surface area contributed by atoms with Crippen molar-refractivity contribution in [1.82, 2.24) is 9.88 Å². The van der Waals surface area contributed by atoms with E-state index < -0.39 is 11.9 Å². The summed E-state index contributed by atoms with van der Waals surface area (Å²) in [5.74, 6) is -2.80. The van der Waals surface area contributed by atoms with Crippen molar-refractivity contribution < 1.29 is 24.5 Å². The van der Waals surface area contributed by atoms with Crippen LogP contribution in [0.1, 0.15) is 13.3 Å². The van der Waals surface area contributed by atoms with Crippen LogP contribution in [0, 0.1) is 0 Å². The van der Waals surface area contributed by atoms with Gasteiger partial charge in [-0.05, 0) is 39.6 Å². The first-order valence-electron chi connectivity index (χ1n) is 6.00. The SMILES string of the molecule is CC(CCOc1cccnc1)N(C)C.O=C(O)C(=O)O. The third kappa shape index (κ3) is 8.87. The summed E-state index contributed by atoms with van der Waals surface area (Å²) in [4.78, 5) is 24.4. The van der Waals surface area contributed by atoms with Crippen LogP contribution in [-0.2, 0) is 9.59 Å². The van der Waals surface area contributed by atoms with Gasteiger partial charge < -0.3 is 19.8 Å². The zero-order chi connectivity index (χ0) is 15.5. The quantitative estimate of drug-likeness (QED) is 0.776. The molecule has 1 aromatic rings. The van der Waals surface area contributed by atoms with Crippen molar-refractivity contribution in [3.63, 3.8) is 0 Å². The van der Waals surface area contributed by atoms with E-state index in [1.807, 2.05) is 12.1 Å². The van der Waals surface area contributed by atoms with Crippen molar-refractivity contribution in [2.75, 3.05) is 20.7 Å². The van der Waals surface area contributed by atoms with Crippen molar-refractivity contribution in [3.8, 4) is 5.75 Å². The molecule has 0 amide bonds. The molecular formula is C13H20N2O5. The predicted octanol–water partition coefficient (Wildman–Crippen LogP) is 0.956. The van der Waals surface area contributed by atoms with Crippen molar-refractivity contribution in [3.05, 3.63) is 24.5 Å². The van der Waals surface area contributed by atoms with Gasteiger partial charge >= 0.3 is 11.9 Å². The Morgan fingerprint density at radius 2 is 1.95 bits per heavy atom. The summed E-state index contributed by atoms with van der Waals surface area (Å²) in [6.07, 6.45) is 4.51. The maximum absolute atomic E-state index is 9.10. The summed E-state index contributed by atoms with van der Waals surface area (Å²) in [6, 6.07) is 4.35. The number of aliphatic carboxylic acids is 2. The lowest BCUT2D eigenvalue weighted by molar-refractivity contribution is -0.159. The number of aromatic nitrogens is 1. The fourth-order valence-corrected chi connectivity index (χ4v) is 1.04. The third-order valence-electron chi connectivity index (χ3n) is 2.50. The lowest BCUT2D eigenvalue weighted by Crippen LogP contribution is -2.26. The summed E-state index contributed by atoms with van der Waals surface area (Å²) in [5, 5.41) is 14.8. The number of carbonyl (C=O) groups is 2. The van der Waals surface area contributed by atoms with Crippen molar-refractivity contribution in [1.29, 1.82) is 0 Å². The molecule has 0 aliphatic rings. The maximum atomic E-state index is 9.10. The van der Waals surface area contributed by atoms with E-state index in [1.165, 1.54) is 0 Å². The molecule has 0 aliphatic heterocycles. The van der Waals surface area contributed by atoms with Gasteiger partial charge in [-0.25, -0.2) is 9.59 Å². The van der Waals surface area contributed by atoms with E-state index in [2.05, 4.69) is 30.9 Å². The molecule has 1 unspecified atom stereocenters. The van der Waals surface area contributed by atoms with Gasteiger partial charge in [0.05, 0.1) is 12.8 Å². The molecule has 1 aromatic heterocycles. The fourth-order valence-electron chi connectivity index (χ4n) is 1.04. The number of carboxylic acid groups (broad SMARTS) is 2.